The first-order valence-corrected chi connectivity index (χ1v) is 8.31. The standard InChI is InChI=1S/C17H21N5O3/c1-2-25-14-7-5-12(6-8-14)17(24)21-9-3-4-13(10-21)22-11-19-16(20-22)15(18)23/h5-8,11,13H,2-4,9-10H2,1H3,(H2,18,23). The zero-order valence-electron chi connectivity index (χ0n) is 14.1. The van der Waals surface area contributed by atoms with Gasteiger partial charge in [0.25, 0.3) is 11.8 Å². The van der Waals surface area contributed by atoms with Gasteiger partial charge in [0.1, 0.15) is 12.1 Å². The predicted octanol–water partition coefficient (Wildman–Crippen LogP) is 1.25. The van der Waals surface area contributed by atoms with Crippen molar-refractivity contribution in [2.75, 3.05) is 19.7 Å². The quantitative estimate of drug-likeness (QED) is 0.880. The van der Waals surface area contributed by atoms with Crippen LogP contribution in [-0.4, -0.2) is 51.2 Å². The van der Waals surface area contributed by atoms with Crippen molar-refractivity contribution < 1.29 is 14.3 Å². The fourth-order valence-corrected chi connectivity index (χ4v) is 2.96. The molecule has 0 radical (unpaired) electrons. The van der Waals surface area contributed by atoms with Crippen LogP contribution in [0.2, 0.25) is 0 Å². The lowest BCUT2D eigenvalue weighted by molar-refractivity contribution is 0.0671. The van der Waals surface area contributed by atoms with Crippen molar-refractivity contribution >= 4 is 11.8 Å². The molecule has 2 amide bonds. The van der Waals surface area contributed by atoms with Gasteiger partial charge in [0.05, 0.1) is 12.6 Å². The Hall–Kier alpha value is -2.90. The van der Waals surface area contributed by atoms with Crippen LogP contribution in [0.15, 0.2) is 30.6 Å². The van der Waals surface area contributed by atoms with Gasteiger partial charge in [0, 0.05) is 18.7 Å². The second kappa shape index (κ2) is 7.33. The summed E-state index contributed by atoms with van der Waals surface area (Å²) in [6.45, 7) is 3.72. The summed E-state index contributed by atoms with van der Waals surface area (Å²) in [4.78, 5) is 29.6. The van der Waals surface area contributed by atoms with Crippen LogP contribution < -0.4 is 10.5 Å². The maximum absolute atomic E-state index is 12.7. The van der Waals surface area contributed by atoms with Crippen LogP contribution in [0.1, 0.15) is 46.8 Å². The molecular formula is C17H21N5O3. The topological polar surface area (TPSA) is 103 Å². The second-order valence-electron chi connectivity index (χ2n) is 5.92. The van der Waals surface area contributed by atoms with E-state index in [9.17, 15) is 9.59 Å². The van der Waals surface area contributed by atoms with Crippen molar-refractivity contribution in [3.63, 3.8) is 0 Å². The summed E-state index contributed by atoms with van der Waals surface area (Å²) < 4.78 is 7.02. The molecule has 1 aliphatic heterocycles. The maximum atomic E-state index is 12.7. The predicted molar refractivity (Wildman–Crippen MR) is 90.3 cm³/mol. The van der Waals surface area contributed by atoms with E-state index in [1.807, 2.05) is 6.92 Å². The SMILES string of the molecule is CCOc1ccc(C(=O)N2CCCC(n3cnc(C(N)=O)n3)C2)cc1. The largest absolute Gasteiger partial charge is 0.494 e. The zero-order valence-corrected chi connectivity index (χ0v) is 14.1. The lowest BCUT2D eigenvalue weighted by atomic mass is 10.0. The molecule has 1 fully saturated rings. The highest BCUT2D eigenvalue weighted by atomic mass is 16.5. The first-order chi connectivity index (χ1) is 12.1. The van der Waals surface area contributed by atoms with Crippen molar-refractivity contribution in [3.8, 4) is 5.75 Å². The number of hydrogen-bond donors (Lipinski definition) is 1. The number of rotatable bonds is 5. The molecule has 1 atom stereocenters. The number of ether oxygens (including phenoxy) is 1. The first kappa shape index (κ1) is 16.9. The summed E-state index contributed by atoms with van der Waals surface area (Å²) in [5.41, 5.74) is 5.82. The fourth-order valence-electron chi connectivity index (χ4n) is 2.96. The molecule has 1 aromatic carbocycles. The highest BCUT2D eigenvalue weighted by molar-refractivity contribution is 5.94. The van der Waals surface area contributed by atoms with Gasteiger partial charge < -0.3 is 15.4 Å². The second-order valence-corrected chi connectivity index (χ2v) is 5.92. The van der Waals surface area contributed by atoms with Crippen LogP contribution in [0.5, 0.6) is 5.75 Å². The van der Waals surface area contributed by atoms with Crippen LogP contribution in [-0.2, 0) is 0 Å². The van der Waals surface area contributed by atoms with Gasteiger partial charge >= 0.3 is 0 Å². The number of piperidine rings is 1. The molecule has 8 heteroatoms. The lowest BCUT2D eigenvalue weighted by Crippen LogP contribution is -2.40. The molecule has 0 bridgehead atoms. The number of carbonyl (C=O) groups excluding carboxylic acids is 2. The third-order valence-corrected chi connectivity index (χ3v) is 4.20. The summed E-state index contributed by atoms with van der Waals surface area (Å²) in [6.07, 6.45) is 3.23. The van der Waals surface area contributed by atoms with E-state index < -0.39 is 5.91 Å². The maximum Gasteiger partial charge on any atom is 0.288 e. The molecular weight excluding hydrogens is 322 g/mol. The normalized spacial score (nSPS) is 17.3. The number of nitrogens with zero attached hydrogens (tertiary/aromatic N) is 4. The Morgan fingerprint density at radius 3 is 2.72 bits per heavy atom. The molecule has 0 spiro atoms. The molecule has 1 aliphatic rings. The van der Waals surface area contributed by atoms with E-state index in [2.05, 4.69) is 10.1 Å². The number of likely N-dealkylation sites (tertiary alicyclic amines) is 1. The Balaban J connectivity index is 1.69. The van der Waals surface area contributed by atoms with E-state index in [0.29, 0.717) is 25.3 Å². The third-order valence-electron chi connectivity index (χ3n) is 4.20. The van der Waals surface area contributed by atoms with Crippen LogP contribution >= 0.6 is 0 Å². The van der Waals surface area contributed by atoms with E-state index in [-0.39, 0.29) is 17.8 Å². The summed E-state index contributed by atoms with van der Waals surface area (Å²) >= 11 is 0. The van der Waals surface area contributed by atoms with Gasteiger partial charge in [-0.1, -0.05) is 0 Å². The van der Waals surface area contributed by atoms with Gasteiger partial charge in [0.15, 0.2) is 0 Å². The van der Waals surface area contributed by atoms with Gasteiger partial charge in [-0.3, -0.25) is 9.59 Å². The average Bonchev–Trinajstić information content (AvgIpc) is 3.13. The van der Waals surface area contributed by atoms with Crippen molar-refractivity contribution in [1.29, 1.82) is 0 Å². The lowest BCUT2D eigenvalue weighted by Gasteiger charge is -2.32. The van der Waals surface area contributed by atoms with Crippen LogP contribution in [0.25, 0.3) is 0 Å². The van der Waals surface area contributed by atoms with Gasteiger partial charge in [-0.05, 0) is 44.0 Å². The molecule has 1 saturated heterocycles. The smallest absolute Gasteiger partial charge is 0.288 e. The Bertz CT molecular complexity index is 756. The summed E-state index contributed by atoms with van der Waals surface area (Å²) in [7, 11) is 0. The average molecular weight is 343 g/mol. The minimum absolute atomic E-state index is 0.00466. The number of carbonyl (C=O) groups is 2. The van der Waals surface area contributed by atoms with Crippen molar-refractivity contribution in [1.82, 2.24) is 19.7 Å². The fraction of sp³-hybridized carbons (Fsp3) is 0.412. The van der Waals surface area contributed by atoms with E-state index in [0.717, 1.165) is 18.6 Å². The minimum Gasteiger partial charge on any atom is -0.494 e. The molecule has 0 saturated carbocycles. The zero-order chi connectivity index (χ0) is 17.8. The molecule has 25 heavy (non-hydrogen) atoms. The molecule has 1 aromatic heterocycles. The third kappa shape index (κ3) is 3.78. The van der Waals surface area contributed by atoms with Crippen molar-refractivity contribution in [2.24, 2.45) is 5.73 Å². The van der Waals surface area contributed by atoms with Crippen LogP contribution in [0.3, 0.4) is 0 Å². The molecule has 2 aromatic rings. The number of hydrogen-bond acceptors (Lipinski definition) is 5. The van der Waals surface area contributed by atoms with Gasteiger partial charge in [-0.25, -0.2) is 9.67 Å². The highest BCUT2D eigenvalue weighted by Crippen LogP contribution is 2.23. The van der Waals surface area contributed by atoms with Gasteiger partial charge in [-0.2, -0.15) is 0 Å². The molecule has 0 aliphatic carbocycles. The number of benzene rings is 1. The van der Waals surface area contributed by atoms with Crippen molar-refractivity contribution in [3.05, 3.63) is 42.0 Å². The Morgan fingerprint density at radius 1 is 1.32 bits per heavy atom. The number of aromatic nitrogens is 3. The van der Waals surface area contributed by atoms with E-state index in [1.54, 1.807) is 33.8 Å². The van der Waals surface area contributed by atoms with Crippen molar-refractivity contribution in [2.45, 2.75) is 25.8 Å². The summed E-state index contributed by atoms with van der Waals surface area (Å²) in [5.74, 6) is 0.0620. The molecule has 1 unspecified atom stereocenters. The molecule has 2 N–H and O–H groups in total. The highest BCUT2D eigenvalue weighted by Gasteiger charge is 2.26. The van der Waals surface area contributed by atoms with Gasteiger partial charge in [0.2, 0.25) is 5.82 Å². The Morgan fingerprint density at radius 2 is 2.08 bits per heavy atom. The van der Waals surface area contributed by atoms with E-state index in [4.69, 9.17) is 10.5 Å². The number of nitrogens with two attached hydrogens (primary N) is 1. The van der Waals surface area contributed by atoms with E-state index in [1.165, 1.54) is 6.33 Å². The first-order valence-electron chi connectivity index (χ1n) is 8.31. The summed E-state index contributed by atoms with van der Waals surface area (Å²) in [5, 5.41) is 4.11. The molecule has 2 heterocycles. The monoisotopic (exact) mass is 343 g/mol. The van der Waals surface area contributed by atoms with Crippen LogP contribution in [0.4, 0.5) is 0 Å². The molecule has 8 nitrogen and oxygen atoms in total. The summed E-state index contributed by atoms with van der Waals surface area (Å²) in [6, 6.07) is 7.14. The van der Waals surface area contributed by atoms with Crippen LogP contribution in [0, 0.1) is 0 Å². The number of amides is 2. The Kier molecular flexibility index (Phi) is 4.97. The van der Waals surface area contributed by atoms with E-state index >= 15 is 0 Å². The van der Waals surface area contributed by atoms with Gasteiger partial charge in [-0.15, -0.1) is 5.10 Å². The number of primary amides is 1. The Labute approximate surface area is 145 Å². The minimum atomic E-state index is -0.656. The molecule has 132 valence electrons. The molecule has 3 rings (SSSR count).